The summed E-state index contributed by atoms with van der Waals surface area (Å²) in [6.07, 6.45) is 0. The lowest BCUT2D eigenvalue weighted by atomic mass is 10.2. The number of sulfonamides is 1. The molecule has 0 aliphatic rings. The molecular weight excluding hydrogens is 352 g/mol. The highest BCUT2D eigenvalue weighted by molar-refractivity contribution is 7.89. The van der Waals surface area contributed by atoms with Crippen molar-refractivity contribution in [3.63, 3.8) is 0 Å². The van der Waals surface area contributed by atoms with Crippen LogP contribution in [0.15, 0.2) is 53.4 Å². The lowest BCUT2D eigenvalue weighted by molar-refractivity contribution is 0.581. The lowest BCUT2D eigenvalue weighted by Gasteiger charge is -2.09. The third kappa shape index (κ3) is 3.98. The van der Waals surface area contributed by atoms with Crippen molar-refractivity contribution in [1.82, 2.24) is 9.71 Å². The van der Waals surface area contributed by atoms with E-state index in [9.17, 15) is 8.42 Å². The average molecular weight is 373 g/mol. The van der Waals surface area contributed by atoms with E-state index in [1.165, 1.54) is 11.3 Å². The zero-order chi connectivity index (χ0) is 18.0. The summed E-state index contributed by atoms with van der Waals surface area (Å²) in [5, 5.41) is 0.902. The fourth-order valence-corrected chi connectivity index (χ4v) is 4.95. The molecule has 0 atom stereocenters. The van der Waals surface area contributed by atoms with Crippen LogP contribution in [0.3, 0.4) is 0 Å². The maximum atomic E-state index is 12.6. The Morgan fingerprint density at radius 3 is 2.44 bits per heavy atom. The molecule has 0 saturated heterocycles. The SMILES string of the molecule is Cc1ccc(S(=O)(=O)NCc2sc(-c3ccccc3)nc2C)c(C)c1. The van der Waals surface area contributed by atoms with Gasteiger partial charge in [-0.3, -0.25) is 0 Å². The first kappa shape index (κ1) is 17.8. The number of thiazole rings is 1. The third-order valence-corrected chi connectivity index (χ3v) is 6.72. The van der Waals surface area contributed by atoms with Crippen LogP contribution in [-0.4, -0.2) is 13.4 Å². The summed E-state index contributed by atoms with van der Waals surface area (Å²) in [5.74, 6) is 0. The molecule has 0 fully saturated rings. The molecule has 1 aromatic heterocycles. The highest BCUT2D eigenvalue weighted by Gasteiger charge is 2.18. The van der Waals surface area contributed by atoms with Gasteiger partial charge in [0.2, 0.25) is 10.0 Å². The van der Waals surface area contributed by atoms with Crippen molar-refractivity contribution in [2.75, 3.05) is 0 Å². The maximum Gasteiger partial charge on any atom is 0.241 e. The zero-order valence-corrected chi connectivity index (χ0v) is 16.0. The van der Waals surface area contributed by atoms with Gasteiger partial charge in [-0.2, -0.15) is 0 Å². The Morgan fingerprint density at radius 1 is 1.04 bits per heavy atom. The van der Waals surface area contributed by atoms with Gasteiger partial charge in [0.25, 0.3) is 0 Å². The normalized spacial score (nSPS) is 11.6. The molecule has 2 aromatic carbocycles. The topological polar surface area (TPSA) is 59.1 Å². The number of nitrogens with one attached hydrogen (secondary N) is 1. The van der Waals surface area contributed by atoms with Crippen LogP contribution in [-0.2, 0) is 16.6 Å². The Kier molecular flexibility index (Phi) is 5.03. The van der Waals surface area contributed by atoms with Gasteiger partial charge in [0, 0.05) is 17.0 Å². The molecule has 0 aliphatic carbocycles. The number of benzene rings is 2. The van der Waals surface area contributed by atoms with E-state index in [-0.39, 0.29) is 6.54 Å². The second-order valence-corrected chi connectivity index (χ2v) is 8.81. The van der Waals surface area contributed by atoms with Gasteiger partial charge >= 0.3 is 0 Å². The molecule has 0 saturated carbocycles. The van der Waals surface area contributed by atoms with E-state index in [0.717, 1.165) is 32.3 Å². The number of aromatic nitrogens is 1. The minimum atomic E-state index is -3.55. The number of hydrogen-bond donors (Lipinski definition) is 1. The highest BCUT2D eigenvalue weighted by atomic mass is 32.2. The molecule has 4 nitrogen and oxygen atoms in total. The van der Waals surface area contributed by atoms with Crippen molar-refractivity contribution < 1.29 is 8.42 Å². The molecule has 6 heteroatoms. The summed E-state index contributed by atoms with van der Waals surface area (Å²) in [4.78, 5) is 5.81. The van der Waals surface area contributed by atoms with Crippen LogP contribution < -0.4 is 4.72 Å². The van der Waals surface area contributed by atoms with Gasteiger partial charge in [-0.25, -0.2) is 18.1 Å². The predicted molar refractivity (Wildman–Crippen MR) is 102 cm³/mol. The van der Waals surface area contributed by atoms with Crippen LogP contribution in [0.2, 0.25) is 0 Å². The summed E-state index contributed by atoms with van der Waals surface area (Å²) >= 11 is 1.52. The number of rotatable bonds is 5. The van der Waals surface area contributed by atoms with Crippen molar-refractivity contribution in [2.45, 2.75) is 32.2 Å². The van der Waals surface area contributed by atoms with E-state index in [0.29, 0.717) is 4.90 Å². The monoisotopic (exact) mass is 372 g/mol. The first-order valence-corrected chi connectivity index (χ1v) is 10.3. The van der Waals surface area contributed by atoms with Crippen LogP contribution in [0.1, 0.15) is 21.7 Å². The van der Waals surface area contributed by atoms with Gasteiger partial charge < -0.3 is 0 Å². The lowest BCUT2D eigenvalue weighted by Crippen LogP contribution is -2.24. The molecule has 3 rings (SSSR count). The molecule has 0 unspecified atom stereocenters. The van der Waals surface area contributed by atoms with E-state index in [4.69, 9.17) is 0 Å². The van der Waals surface area contributed by atoms with E-state index < -0.39 is 10.0 Å². The van der Waals surface area contributed by atoms with Crippen molar-refractivity contribution >= 4 is 21.4 Å². The Morgan fingerprint density at radius 2 is 1.76 bits per heavy atom. The third-order valence-electron chi connectivity index (χ3n) is 3.96. The molecular formula is C19H20N2O2S2. The van der Waals surface area contributed by atoms with Gasteiger partial charge in [-0.15, -0.1) is 11.3 Å². The summed E-state index contributed by atoms with van der Waals surface area (Å²) in [5.41, 5.74) is 3.69. The van der Waals surface area contributed by atoms with Crippen LogP contribution in [0.4, 0.5) is 0 Å². The van der Waals surface area contributed by atoms with E-state index in [2.05, 4.69) is 9.71 Å². The van der Waals surface area contributed by atoms with Crippen molar-refractivity contribution in [2.24, 2.45) is 0 Å². The highest BCUT2D eigenvalue weighted by Crippen LogP contribution is 2.28. The van der Waals surface area contributed by atoms with Crippen LogP contribution >= 0.6 is 11.3 Å². The first-order valence-electron chi connectivity index (χ1n) is 7.95. The molecule has 0 spiro atoms. The van der Waals surface area contributed by atoms with Crippen LogP contribution in [0.25, 0.3) is 10.6 Å². The molecule has 1 heterocycles. The molecule has 25 heavy (non-hydrogen) atoms. The van der Waals surface area contributed by atoms with Crippen molar-refractivity contribution in [1.29, 1.82) is 0 Å². The van der Waals surface area contributed by atoms with E-state index in [1.807, 2.05) is 63.2 Å². The van der Waals surface area contributed by atoms with Gasteiger partial charge in [-0.05, 0) is 32.4 Å². The average Bonchev–Trinajstić information content (AvgIpc) is 2.94. The molecule has 3 aromatic rings. The predicted octanol–water partition coefficient (Wildman–Crippen LogP) is 4.21. The smallest absolute Gasteiger partial charge is 0.241 e. The van der Waals surface area contributed by atoms with Gasteiger partial charge in [-0.1, -0.05) is 48.0 Å². The molecule has 130 valence electrons. The zero-order valence-electron chi connectivity index (χ0n) is 14.4. The second-order valence-electron chi connectivity index (χ2n) is 5.99. The van der Waals surface area contributed by atoms with Gasteiger partial charge in [0.05, 0.1) is 10.6 Å². The Balaban J connectivity index is 1.80. The largest absolute Gasteiger partial charge is 0.241 e. The quantitative estimate of drug-likeness (QED) is 0.730. The van der Waals surface area contributed by atoms with E-state index in [1.54, 1.807) is 6.07 Å². The van der Waals surface area contributed by atoms with Crippen molar-refractivity contribution in [3.05, 3.63) is 70.2 Å². The Bertz CT molecular complexity index is 994. The molecule has 1 N–H and O–H groups in total. The van der Waals surface area contributed by atoms with Gasteiger partial charge in [0.1, 0.15) is 5.01 Å². The van der Waals surface area contributed by atoms with Gasteiger partial charge in [0.15, 0.2) is 0 Å². The minimum Gasteiger partial charge on any atom is -0.241 e. The number of nitrogens with zero attached hydrogens (tertiary/aromatic N) is 1. The molecule has 0 bridgehead atoms. The minimum absolute atomic E-state index is 0.242. The van der Waals surface area contributed by atoms with Crippen LogP contribution in [0.5, 0.6) is 0 Å². The van der Waals surface area contributed by atoms with Crippen molar-refractivity contribution in [3.8, 4) is 10.6 Å². The standard InChI is InChI=1S/C19H20N2O2S2/c1-13-9-10-18(14(2)11-13)25(22,23)20-12-17-15(3)21-19(24-17)16-7-5-4-6-8-16/h4-11,20H,12H2,1-3H3. The summed E-state index contributed by atoms with van der Waals surface area (Å²) in [7, 11) is -3.55. The summed E-state index contributed by atoms with van der Waals surface area (Å²) < 4.78 is 27.9. The second kappa shape index (κ2) is 7.07. The number of hydrogen-bond acceptors (Lipinski definition) is 4. The van der Waals surface area contributed by atoms with E-state index >= 15 is 0 Å². The molecule has 0 radical (unpaired) electrons. The molecule has 0 aliphatic heterocycles. The Labute approximate surface area is 152 Å². The number of aryl methyl sites for hydroxylation is 3. The fourth-order valence-electron chi connectivity index (χ4n) is 2.64. The first-order chi connectivity index (χ1) is 11.9. The summed E-state index contributed by atoms with van der Waals surface area (Å²) in [6.45, 7) is 5.91. The Hall–Kier alpha value is -2.02. The van der Waals surface area contributed by atoms with Crippen LogP contribution in [0, 0.1) is 20.8 Å². The summed E-state index contributed by atoms with van der Waals surface area (Å²) in [6, 6.07) is 15.2. The molecule has 0 amide bonds. The fraction of sp³-hybridized carbons (Fsp3) is 0.211. The maximum absolute atomic E-state index is 12.6.